The van der Waals surface area contributed by atoms with E-state index in [1.165, 1.54) is 5.56 Å². The minimum absolute atomic E-state index is 0.00984. The van der Waals surface area contributed by atoms with Crippen molar-refractivity contribution >= 4 is 12.2 Å². The molecular weight excluding hydrogens is 202 g/mol. The predicted octanol–water partition coefficient (Wildman–Crippen LogP) is 2.01. The molecule has 1 aromatic rings. The summed E-state index contributed by atoms with van der Waals surface area (Å²) in [6.07, 6.45) is 2.40. The normalized spacial score (nSPS) is 11.6. The minimum Gasteiger partial charge on any atom is -0.350 e. The number of benzene rings is 1. The topological polar surface area (TPSA) is 67.5 Å². The molecule has 4 nitrogen and oxygen atoms in total. The Hall–Kier alpha value is -1.84. The van der Waals surface area contributed by atoms with Gasteiger partial charge in [-0.1, -0.05) is 44.2 Å². The van der Waals surface area contributed by atoms with Crippen LogP contribution in [0.25, 0.3) is 0 Å². The average Bonchev–Trinajstić information content (AvgIpc) is 2.26. The number of rotatable bonds is 4. The third-order valence-corrected chi connectivity index (χ3v) is 2.42. The Labute approximate surface area is 95.5 Å². The lowest BCUT2D eigenvalue weighted by Gasteiger charge is -2.22. The molecule has 1 rings (SSSR count). The molecule has 0 aliphatic rings. The van der Waals surface area contributed by atoms with Crippen LogP contribution in [0.5, 0.6) is 0 Å². The summed E-state index contributed by atoms with van der Waals surface area (Å²) in [5.74, 6) is 0. The largest absolute Gasteiger partial charge is 0.350 e. The van der Waals surface area contributed by atoms with Gasteiger partial charge < -0.3 is 5.73 Å². The highest BCUT2D eigenvalue weighted by molar-refractivity contribution is 5.73. The van der Waals surface area contributed by atoms with Crippen LogP contribution in [0.4, 0.5) is 4.79 Å². The van der Waals surface area contributed by atoms with Gasteiger partial charge in [0.15, 0.2) is 0 Å². The van der Waals surface area contributed by atoms with E-state index in [4.69, 9.17) is 5.73 Å². The Bertz CT molecular complexity index is 371. The molecule has 0 aliphatic heterocycles. The Morgan fingerprint density at radius 1 is 1.44 bits per heavy atom. The third-order valence-electron chi connectivity index (χ3n) is 2.42. The molecule has 2 amide bonds. The van der Waals surface area contributed by atoms with E-state index in [2.05, 4.69) is 36.5 Å². The van der Waals surface area contributed by atoms with Crippen molar-refractivity contribution in [3.8, 4) is 0 Å². The van der Waals surface area contributed by atoms with Crippen molar-refractivity contribution < 1.29 is 4.79 Å². The van der Waals surface area contributed by atoms with Gasteiger partial charge in [0.05, 0.1) is 0 Å². The fraction of sp³-hybridized carbons (Fsp3) is 0.333. The summed E-state index contributed by atoms with van der Waals surface area (Å²) in [6, 6.07) is 9.52. The Kier molecular flexibility index (Phi) is 4.05. The second-order valence-corrected chi connectivity index (χ2v) is 4.24. The van der Waals surface area contributed by atoms with Crippen LogP contribution in [-0.4, -0.2) is 12.2 Å². The number of carbonyl (C=O) groups excluding carboxylic acids is 1. The fourth-order valence-electron chi connectivity index (χ4n) is 1.39. The summed E-state index contributed by atoms with van der Waals surface area (Å²) < 4.78 is 0. The lowest BCUT2D eigenvalue weighted by molar-refractivity contribution is 0.249. The van der Waals surface area contributed by atoms with Crippen molar-refractivity contribution in [3.05, 3.63) is 35.9 Å². The zero-order chi connectivity index (χ0) is 12.0. The van der Waals surface area contributed by atoms with Gasteiger partial charge in [0.1, 0.15) is 0 Å². The highest BCUT2D eigenvalue weighted by Crippen LogP contribution is 2.25. The smallest absolute Gasteiger partial charge is 0.332 e. The van der Waals surface area contributed by atoms with E-state index >= 15 is 0 Å². The summed E-state index contributed by atoms with van der Waals surface area (Å²) in [5.41, 5.74) is 8.29. The number of nitrogens with one attached hydrogen (secondary N) is 1. The maximum absolute atomic E-state index is 10.4. The van der Waals surface area contributed by atoms with Crippen molar-refractivity contribution in [2.45, 2.75) is 25.7 Å². The first-order valence-corrected chi connectivity index (χ1v) is 5.15. The van der Waals surface area contributed by atoms with E-state index in [-0.39, 0.29) is 5.41 Å². The molecule has 16 heavy (non-hydrogen) atoms. The van der Waals surface area contributed by atoms with E-state index in [0.717, 1.165) is 6.42 Å². The number of hydrogen-bond acceptors (Lipinski definition) is 2. The predicted molar refractivity (Wildman–Crippen MR) is 65.3 cm³/mol. The van der Waals surface area contributed by atoms with Crippen LogP contribution in [0.3, 0.4) is 0 Å². The molecular formula is C12H17N3O. The number of urea groups is 1. The molecule has 0 radical (unpaired) electrons. The van der Waals surface area contributed by atoms with Crippen molar-refractivity contribution in [2.75, 3.05) is 0 Å². The molecule has 0 atom stereocenters. The number of amides is 2. The van der Waals surface area contributed by atoms with Gasteiger partial charge in [-0.2, -0.15) is 5.10 Å². The van der Waals surface area contributed by atoms with Crippen molar-refractivity contribution in [1.29, 1.82) is 0 Å². The molecule has 0 saturated heterocycles. The summed E-state index contributed by atoms with van der Waals surface area (Å²) in [4.78, 5) is 10.4. The maximum atomic E-state index is 10.4. The molecule has 0 aromatic heterocycles. The van der Waals surface area contributed by atoms with Crippen LogP contribution in [0, 0.1) is 0 Å². The Morgan fingerprint density at radius 3 is 2.62 bits per heavy atom. The standard InChI is InChI=1S/C12H17N3O/c1-12(2,8-9-14-15-11(13)16)10-6-4-3-5-7-10/h3-7,9H,8H2,1-2H3,(H3,13,15,16). The summed E-state index contributed by atoms with van der Waals surface area (Å²) >= 11 is 0. The second kappa shape index (κ2) is 5.30. The molecule has 0 bridgehead atoms. The van der Waals surface area contributed by atoms with E-state index in [9.17, 15) is 4.79 Å². The molecule has 1 aromatic carbocycles. The summed E-state index contributed by atoms with van der Waals surface area (Å²) in [5, 5.41) is 3.73. The number of primary amides is 1. The summed E-state index contributed by atoms with van der Waals surface area (Å²) in [7, 11) is 0. The first-order chi connectivity index (χ1) is 7.52. The lowest BCUT2D eigenvalue weighted by atomic mass is 9.82. The van der Waals surface area contributed by atoms with Gasteiger partial charge in [0.25, 0.3) is 0 Å². The number of nitrogens with zero attached hydrogens (tertiary/aromatic N) is 1. The number of hydrogen-bond donors (Lipinski definition) is 2. The van der Waals surface area contributed by atoms with Gasteiger partial charge in [0.2, 0.25) is 0 Å². The molecule has 86 valence electrons. The molecule has 0 saturated carbocycles. The molecule has 4 heteroatoms. The highest BCUT2D eigenvalue weighted by atomic mass is 16.2. The van der Waals surface area contributed by atoms with E-state index < -0.39 is 6.03 Å². The highest BCUT2D eigenvalue weighted by Gasteiger charge is 2.18. The van der Waals surface area contributed by atoms with Crippen LogP contribution >= 0.6 is 0 Å². The van der Waals surface area contributed by atoms with Crippen molar-refractivity contribution in [2.24, 2.45) is 10.8 Å². The zero-order valence-electron chi connectivity index (χ0n) is 9.60. The van der Waals surface area contributed by atoms with Crippen LogP contribution < -0.4 is 11.2 Å². The van der Waals surface area contributed by atoms with Gasteiger partial charge in [-0.15, -0.1) is 0 Å². The van der Waals surface area contributed by atoms with E-state index in [1.54, 1.807) is 6.21 Å². The van der Waals surface area contributed by atoms with Crippen molar-refractivity contribution in [3.63, 3.8) is 0 Å². The minimum atomic E-state index is -0.645. The first-order valence-electron chi connectivity index (χ1n) is 5.15. The van der Waals surface area contributed by atoms with Crippen molar-refractivity contribution in [1.82, 2.24) is 5.43 Å². The molecule has 0 unspecified atom stereocenters. The molecule has 3 N–H and O–H groups in total. The van der Waals surface area contributed by atoms with Crippen LogP contribution in [0.2, 0.25) is 0 Å². The Balaban J connectivity index is 2.59. The van der Waals surface area contributed by atoms with Gasteiger partial charge in [0, 0.05) is 6.21 Å². The third kappa shape index (κ3) is 3.73. The van der Waals surface area contributed by atoms with Crippen LogP contribution in [0.15, 0.2) is 35.4 Å². The number of hydrazone groups is 1. The van der Waals surface area contributed by atoms with Gasteiger partial charge in [-0.25, -0.2) is 10.2 Å². The summed E-state index contributed by atoms with van der Waals surface area (Å²) in [6.45, 7) is 4.25. The van der Waals surface area contributed by atoms with Crippen LogP contribution in [-0.2, 0) is 5.41 Å². The van der Waals surface area contributed by atoms with Gasteiger partial charge in [-0.05, 0) is 17.4 Å². The second-order valence-electron chi connectivity index (χ2n) is 4.24. The maximum Gasteiger partial charge on any atom is 0.332 e. The van der Waals surface area contributed by atoms with E-state index in [1.807, 2.05) is 18.2 Å². The van der Waals surface area contributed by atoms with Gasteiger partial charge >= 0.3 is 6.03 Å². The molecule has 0 aliphatic carbocycles. The molecule has 0 heterocycles. The van der Waals surface area contributed by atoms with Gasteiger partial charge in [-0.3, -0.25) is 0 Å². The van der Waals surface area contributed by atoms with Crippen LogP contribution in [0.1, 0.15) is 25.8 Å². The Morgan fingerprint density at radius 2 is 2.06 bits per heavy atom. The average molecular weight is 219 g/mol. The lowest BCUT2D eigenvalue weighted by Crippen LogP contribution is -2.25. The molecule has 0 spiro atoms. The first kappa shape index (κ1) is 12.2. The fourth-order valence-corrected chi connectivity index (χ4v) is 1.39. The molecule has 0 fully saturated rings. The zero-order valence-corrected chi connectivity index (χ0v) is 9.60. The SMILES string of the molecule is CC(C)(CC=NNC(N)=O)c1ccccc1. The monoisotopic (exact) mass is 219 g/mol. The quantitative estimate of drug-likeness (QED) is 0.590. The number of nitrogens with two attached hydrogens (primary N) is 1. The number of carbonyl (C=O) groups is 1. The van der Waals surface area contributed by atoms with E-state index in [0.29, 0.717) is 0 Å².